The molecule has 0 atom stereocenters. The summed E-state index contributed by atoms with van der Waals surface area (Å²) in [5.41, 5.74) is 1.34. The molecule has 0 bridgehead atoms. The highest BCUT2D eigenvalue weighted by molar-refractivity contribution is 6.07. The van der Waals surface area contributed by atoms with Gasteiger partial charge in [0.25, 0.3) is 0 Å². The average molecular weight is 422 g/mol. The predicted octanol–water partition coefficient (Wildman–Crippen LogP) is 3.15. The molecule has 156 valence electrons. The van der Waals surface area contributed by atoms with Crippen LogP contribution in [0.4, 0.5) is 20.2 Å². The number of halogens is 2. The summed E-state index contributed by atoms with van der Waals surface area (Å²) in [6.07, 6.45) is 1.28. The fraction of sp³-hybridized carbons (Fsp3) is 0.136. The van der Waals surface area contributed by atoms with Crippen molar-refractivity contribution < 1.29 is 23.2 Å². The van der Waals surface area contributed by atoms with E-state index in [1.54, 1.807) is 36.4 Å². The van der Waals surface area contributed by atoms with Gasteiger partial charge in [-0.25, -0.2) is 0 Å². The summed E-state index contributed by atoms with van der Waals surface area (Å²) < 4.78 is 28.6. The molecule has 0 spiro atoms. The number of anilines is 2. The third-order valence-corrected chi connectivity index (χ3v) is 4.87. The summed E-state index contributed by atoms with van der Waals surface area (Å²) in [5, 5.41) is 2.61. The zero-order chi connectivity index (χ0) is 22.1. The maximum absolute atomic E-state index is 14.6. The third kappa shape index (κ3) is 4.02. The van der Waals surface area contributed by atoms with E-state index in [0.29, 0.717) is 22.5 Å². The second-order valence-corrected chi connectivity index (χ2v) is 6.97. The minimum absolute atomic E-state index is 0.0889. The molecule has 3 heterocycles. The molecule has 4 rings (SSSR count). The number of ketones is 1. The number of carbonyl (C=O) groups excluding carboxylic acids is 3. The molecular weight excluding hydrogens is 406 g/mol. The van der Waals surface area contributed by atoms with E-state index in [9.17, 15) is 23.2 Å². The van der Waals surface area contributed by atoms with Gasteiger partial charge in [-0.15, -0.1) is 0 Å². The Kier molecular flexibility index (Phi) is 5.24. The van der Waals surface area contributed by atoms with Gasteiger partial charge in [0.1, 0.15) is 6.54 Å². The van der Waals surface area contributed by atoms with Crippen LogP contribution in [0.3, 0.4) is 0 Å². The number of carbonyl (C=O) groups is 3. The molecule has 3 aromatic rings. The van der Waals surface area contributed by atoms with Crippen molar-refractivity contribution in [2.45, 2.75) is 13.3 Å². The minimum Gasteiger partial charge on any atom is -0.325 e. The number of hydrogen-bond acceptors (Lipinski definition) is 5. The van der Waals surface area contributed by atoms with E-state index in [-0.39, 0.29) is 23.5 Å². The van der Waals surface area contributed by atoms with E-state index in [2.05, 4.69) is 15.3 Å². The molecule has 0 fully saturated rings. The maximum Gasteiger partial charge on any atom is 0.244 e. The fourth-order valence-corrected chi connectivity index (χ4v) is 3.42. The summed E-state index contributed by atoms with van der Waals surface area (Å²) >= 11 is 0. The number of rotatable bonds is 4. The van der Waals surface area contributed by atoms with E-state index in [4.69, 9.17) is 0 Å². The zero-order valence-electron chi connectivity index (χ0n) is 16.4. The summed E-state index contributed by atoms with van der Waals surface area (Å²) in [6.45, 7) is 0.952. The minimum atomic E-state index is -1.11. The zero-order valence-corrected chi connectivity index (χ0v) is 16.4. The van der Waals surface area contributed by atoms with Gasteiger partial charge in [0.2, 0.25) is 23.7 Å². The molecule has 1 N–H and O–H groups in total. The van der Waals surface area contributed by atoms with Crippen molar-refractivity contribution >= 4 is 29.0 Å². The molecule has 9 heteroatoms. The van der Waals surface area contributed by atoms with Crippen molar-refractivity contribution in [2.75, 3.05) is 16.8 Å². The molecule has 2 aromatic heterocycles. The Morgan fingerprint density at radius 2 is 1.90 bits per heavy atom. The molecule has 0 aliphatic carbocycles. The van der Waals surface area contributed by atoms with Crippen LogP contribution in [-0.2, 0) is 16.0 Å². The summed E-state index contributed by atoms with van der Waals surface area (Å²) in [4.78, 5) is 45.2. The number of Topliss-reactive ketones (excluding diaryl/α,β-unsaturated/α-hetero) is 1. The van der Waals surface area contributed by atoms with Gasteiger partial charge in [-0.1, -0.05) is 6.07 Å². The lowest BCUT2D eigenvalue weighted by Crippen LogP contribution is -2.39. The van der Waals surface area contributed by atoms with Crippen LogP contribution in [0.5, 0.6) is 0 Å². The monoisotopic (exact) mass is 422 g/mol. The smallest absolute Gasteiger partial charge is 0.244 e. The quantitative estimate of drug-likeness (QED) is 0.515. The molecule has 7 nitrogen and oxygen atoms in total. The van der Waals surface area contributed by atoms with E-state index >= 15 is 0 Å². The molecule has 2 amide bonds. The molecular formula is C22H16F2N4O3. The normalized spacial score (nSPS) is 12.6. The number of benzene rings is 1. The second-order valence-electron chi connectivity index (χ2n) is 6.97. The van der Waals surface area contributed by atoms with Crippen LogP contribution in [0, 0.1) is 11.9 Å². The number of nitrogens with one attached hydrogen (secondary N) is 1. The number of hydrogen-bond donors (Lipinski definition) is 1. The van der Waals surface area contributed by atoms with E-state index in [1.807, 2.05) is 0 Å². The summed E-state index contributed by atoms with van der Waals surface area (Å²) in [5.74, 6) is -3.43. The number of amides is 2. The van der Waals surface area contributed by atoms with Gasteiger partial charge in [-0.05, 0) is 37.3 Å². The van der Waals surface area contributed by atoms with Gasteiger partial charge in [0.15, 0.2) is 5.78 Å². The Morgan fingerprint density at radius 1 is 1.16 bits per heavy atom. The number of aromatic nitrogens is 2. The van der Waals surface area contributed by atoms with E-state index in [0.717, 1.165) is 11.0 Å². The highest BCUT2D eigenvalue weighted by Gasteiger charge is 2.31. The van der Waals surface area contributed by atoms with Crippen molar-refractivity contribution in [3.8, 4) is 11.1 Å². The first kappa shape index (κ1) is 20.3. The predicted molar refractivity (Wildman–Crippen MR) is 109 cm³/mol. The Bertz CT molecular complexity index is 1210. The highest BCUT2D eigenvalue weighted by atomic mass is 19.1. The molecule has 0 saturated heterocycles. The lowest BCUT2D eigenvalue weighted by atomic mass is 10.0. The molecule has 0 unspecified atom stereocenters. The van der Waals surface area contributed by atoms with Gasteiger partial charge >= 0.3 is 0 Å². The van der Waals surface area contributed by atoms with Gasteiger partial charge in [-0.2, -0.15) is 13.8 Å². The van der Waals surface area contributed by atoms with Crippen molar-refractivity contribution in [1.82, 2.24) is 9.97 Å². The van der Waals surface area contributed by atoms with Crippen LogP contribution in [0.25, 0.3) is 11.1 Å². The van der Waals surface area contributed by atoms with Crippen LogP contribution in [-0.4, -0.2) is 34.1 Å². The van der Waals surface area contributed by atoms with Crippen LogP contribution in [0.15, 0.2) is 48.7 Å². The topological polar surface area (TPSA) is 92.3 Å². The number of pyridine rings is 2. The SMILES string of the molecule is CC(=O)c1ccc(NC(=O)CN2C(=O)Cc3ncccc3-c3c2cc(F)nc3F)cc1. The number of nitrogens with zero attached hydrogens (tertiary/aromatic N) is 3. The van der Waals surface area contributed by atoms with Gasteiger partial charge < -0.3 is 10.2 Å². The average Bonchev–Trinajstić information content (AvgIpc) is 2.83. The van der Waals surface area contributed by atoms with Crippen molar-refractivity contribution in [3.05, 3.63) is 71.8 Å². The third-order valence-electron chi connectivity index (χ3n) is 4.87. The second kappa shape index (κ2) is 8.02. The van der Waals surface area contributed by atoms with Crippen molar-refractivity contribution in [3.63, 3.8) is 0 Å². The highest BCUT2D eigenvalue weighted by Crippen LogP contribution is 2.37. The molecule has 0 radical (unpaired) electrons. The lowest BCUT2D eigenvalue weighted by Gasteiger charge is -2.22. The summed E-state index contributed by atoms with van der Waals surface area (Å²) in [6, 6.07) is 10.3. The standard InChI is InChI=1S/C22H16F2N4O3/c1-12(29)13-4-6-14(7-5-13)26-19(30)11-28-17-10-18(23)27-22(24)21(17)15-3-2-8-25-16(15)9-20(28)31/h2-8,10H,9,11H2,1H3,(H,26,30). The van der Waals surface area contributed by atoms with Crippen LogP contribution in [0.2, 0.25) is 0 Å². The first-order valence-corrected chi connectivity index (χ1v) is 9.35. The first-order chi connectivity index (χ1) is 14.8. The Labute approximate surface area is 175 Å². The lowest BCUT2D eigenvalue weighted by molar-refractivity contribution is -0.121. The maximum atomic E-state index is 14.6. The Balaban J connectivity index is 1.66. The van der Waals surface area contributed by atoms with Gasteiger partial charge in [-0.3, -0.25) is 19.4 Å². The molecule has 1 aliphatic rings. The molecule has 0 saturated carbocycles. The van der Waals surface area contributed by atoms with Gasteiger partial charge in [0, 0.05) is 29.1 Å². The molecule has 31 heavy (non-hydrogen) atoms. The Morgan fingerprint density at radius 3 is 2.61 bits per heavy atom. The van der Waals surface area contributed by atoms with E-state index < -0.39 is 30.3 Å². The van der Waals surface area contributed by atoms with Crippen LogP contribution >= 0.6 is 0 Å². The largest absolute Gasteiger partial charge is 0.325 e. The van der Waals surface area contributed by atoms with Crippen LogP contribution < -0.4 is 10.2 Å². The molecule has 1 aromatic carbocycles. The molecule has 1 aliphatic heterocycles. The Hall–Kier alpha value is -4.01. The van der Waals surface area contributed by atoms with Crippen LogP contribution in [0.1, 0.15) is 23.0 Å². The summed E-state index contributed by atoms with van der Waals surface area (Å²) in [7, 11) is 0. The first-order valence-electron chi connectivity index (χ1n) is 9.35. The fourth-order valence-electron chi connectivity index (χ4n) is 3.42. The van der Waals surface area contributed by atoms with Crippen molar-refractivity contribution in [2.24, 2.45) is 0 Å². The van der Waals surface area contributed by atoms with E-state index in [1.165, 1.54) is 13.1 Å². The van der Waals surface area contributed by atoms with Gasteiger partial charge in [0.05, 0.1) is 23.4 Å². The van der Waals surface area contributed by atoms with Crippen molar-refractivity contribution in [1.29, 1.82) is 0 Å². The number of fused-ring (bicyclic) bond motifs is 3.